The number of nitrogens with two attached hydrogens (primary N) is 1. The average Bonchev–Trinajstić information content (AvgIpc) is 2.30. The molecule has 0 radical (unpaired) electrons. The summed E-state index contributed by atoms with van der Waals surface area (Å²) in [6.07, 6.45) is 2.37. The smallest absolute Gasteiger partial charge is 0.250 e. The average molecular weight is 283 g/mol. The van der Waals surface area contributed by atoms with E-state index in [4.69, 9.17) is 22.1 Å². The quantitative estimate of drug-likeness (QED) is 0.896. The lowest BCUT2D eigenvalue weighted by molar-refractivity contribution is -0.0337. The van der Waals surface area contributed by atoms with Crippen molar-refractivity contribution in [3.05, 3.63) is 28.8 Å². The van der Waals surface area contributed by atoms with Gasteiger partial charge in [-0.3, -0.25) is 4.79 Å². The molecule has 1 aromatic carbocycles. The number of primary amides is 1. The predicted molar refractivity (Wildman–Crippen MR) is 76.6 cm³/mol. The Morgan fingerprint density at radius 1 is 1.37 bits per heavy atom. The first-order chi connectivity index (χ1) is 8.95. The lowest BCUT2D eigenvalue weighted by atomic mass is 9.99. The van der Waals surface area contributed by atoms with Crippen molar-refractivity contribution < 1.29 is 9.53 Å². The van der Waals surface area contributed by atoms with Crippen molar-refractivity contribution >= 4 is 23.2 Å². The summed E-state index contributed by atoms with van der Waals surface area (Å²) in [5, 5.41) is 3.80. The monoisotopic (exact) mass is 282 g/mol. The van der Waals surface area contributed by atoms with Crippen LogP contribution in [0.2, 0.25) is 5.02 Å². The van der Waals surface area contributed by atoms with Gasteiger partial charge in [0, 0.05) is 11.7 Å². The van der Waals surface area contributed by atoms with Gasteiger partial charge < -0.3 is 15.8 Å². The highest BCUT2D eigenvalue weighted by Gasteiger charge is 2.24. The van der Waals surface area contributed by atoms with Gasteiger partial charge in [-0.2, -0.15) is 0 Å². The zero-order chi connectivity index (χ0) is 14.0. The summed E-state index contributed by atoms with van der Waals surface area (Å²) in [7, 11) is 0. The van der Waals surface area contributed by atoms with E-state index in [2.05, 4.69) is 19.2 Å². The van der Waals surface area contributed by atoms with Gasteiger partial charge in [-0.1, -0.05) is 11.6 Å². The number of carbonyl (C=O) groups excluding carboxylic acids is 1. The fraction of sp³-hybridized carbons (Fsp3) is 0.500. The number of nitrogens with one attached hydrogen (secondary N) is 1. The minimum absolute atomic E-state index is 0.240. The molecule has 2 rings (SSSR count). The SMILES string of the molecule is CC1CC(Nc2ccc(Cl)c(C(N)=O)c2)CC(C)O1. The number of halogens is 1. The molecular formula is C14H19ClN2O2. The van der Waals surface area contributed by atoms with Crippen LogP contribution in [-0.4, -0.2) is 24.2 Å². The van der Waals surface area contributed by atoms with Crippen LogP contribution in [-0.2, 0) is 4.74 Å². The number of hydrogen-bond acceptors (Lipinski definition) is 3. The van der Waals surface area contributed by atoms with Crippen molar-refractivity contribution in [3.63, 3.8) is 0 Å². The number of benzene rings is 1. The molecule has 1 amide bonds. The molecule has 1 fully saturated rings. The molecule has 0 aliphatic carbocycles. The van der Waals surface area contributed by atoms with Crippen molar-refractivity contribution in [1.82, 2.24) is 0 Å². The normalized spacial score (nSPS) is 27.0. The summed E-state index contributed by atoms with van der Waals surface area (Å²) in [6.45, 7) is 4.14. The van der Waals surface area contributed by atoms with Gasteiger partial charge in [0.1, 0.15) is 0 Å². The van der Waals surface area contributed by atoms with Crippen molar-refractivity contribution in [2.24, 2.45) is 5.73 Å². The lowest BCUT2D eigenvalue weighted by Crippen LogP contribution is -2.36. The Kier molecular flexibility index (Phi) is 4.32. The number of anilines is 1. The van der Waals surface area contributed by atoms with Crippen LogP contribution in [0.15, 0.2) is 18.2 Å². The van der Waals surface area contributed by atoms with Crippen LogP contribution in [0.4, 0.5) is 5.69 Å². The first-order valence-electron chi connectivity index (χ1n) is 6.47. The highest BCUT2D eigenvalue weighted by atomic mass is 35.5. The third kappa shape index (κ3) is 3.61. The van der Waals surface area contributed by atoms with Crippen LogP contribution >= 0.6 is 11.6 Å². The Bertz CT molecular complexity index is 469. The fourth-order valence-electron chi connectivity index (χ4n) is 2.56. The van der Waals surface area contributed by atoms with Crippen LogP contribution in [0, 0.1) is 0 Å². The molecule has 2 unspecified atom stereocenters. The third-order valence-electron chi connectivity index (χ3n) is 3.30. The van der Waals surface area contributed by atoms with E-state index in [0.717, 1.165) is 18.5 Å². The zero-order valence-electron chi connectivity index (χ0n) is 11.2. The van der Waals surface area contributed by atoms with E-state index in [1.165, 1.54) is 0 Å². The predicted octanol–water partition coefficient (Wildman–Crippen LogP) is 2.81. The molecule has 4 nitrogen and oxygen atoms in total. The van der Waals surface area contributed by atoms with E-state index in [0.29, 0.717) is 16.6 Å². The van der Waals surface area contributed by atoms with Gasteiger partial charge in [0.05, 0.1) is 22.8 Å². The molecule has 5 heteroatoms. The summed E-state index contributed by atoms with van der Waals surface area (Å²) < 4.78 is 5.70. The Morgan fingerprint density at radius 2 is 2.00 bits per heavy atom. The van der Waals surface area contributed by atoms with Crippen LogP contribution in [0.1, 0.15) is 37.0 Å². The standard InChI is InChI=1S/C14H19ClN2O2/c1-8-5-11(6-9(2)19-8)17-10-3-4-13(15)12(7-10)14(16)18/h3-4,7-9,11,17H,5-6H2,1-2H3,(H2,16,18). The molecule has 2 atom stereocenters. The topological polar surface area (TPSA) is 64.3 Å². The van der Waals surface area contributed by atoms with Crippen molar-refractivity contribution in [2.75, 3.05) is 5.32 Å². The zero-order valence-corrected chi connectivity index (χ0v) is 11.9. The maximum absolute atomic E-state index is 11.3. The Balaban J connectivity index is 2.10. The van der Waals surface area contributed by atoms with Gasteiger partial charge in [-0.25, -0.2) is 0 Å². The van der Waals surface area contributed by atoms with E-state index in [1.54, 1.807) is 12.1 Å². The largest absolute Gasteiger partial charge is 0.382 e. The van der Waals surface area contributed by atoms with Crippen molar-refractivity contribution in [3.8, 4) is 0 Å². The van der Waals surface area contributed by atoms with Crippen LogP contribution < -0.4 is 11.1 Å². The summed E-state index contributed by atoms with van der Waals surface area (Å²) in [6, 6.07) is 5.59. The maximum atomic E-state index is 11.3. The van der Waals surface area contributed by atoms with Gasteiger partial charge >= 0.3 is 0 Å². The van der Waals surface area contributed by atoms with Gasteiger partial charge in [-0.15, -0.1) is 0 Å². The molecule has 1 aliphatic heterocycles. The number of carbonyl (C=O) groups is 1. The molecule has 3 N–H and O–H groups in total. The molecule has 19 heavy (non-hydrogen) atoms. The molecule has 1 saturated heterocycles. The number of ether oxygens (including phenoxy) is 1. The first kappa shape index (κ1) is 14.2. The molecular weight excluding hydrogens is 264 g/mol. The van der Waals surface area contributed by atoms with E-state index >= 15 is 0 Å². The molecule has 0 saturated carbocycles. The molecule has 1 heterocycles. The maximum Gasteiger partial charge on any atom is 0.250 e. The van der Waals surface area contributed by atoms with E-state index < -0.39 is 5.91 Å². The Hall–Kier alpha value is -1.26. The van der Waals surface area contributed by atoms with Gasteiger partial charge in [-0.05, 0) is 44.9 Å². The van der Waals surface area contributed by atoms with E-state index in [-0.39, 0.29) is 12.2 Å². The minimum Gasteiger partial charge on any atom is -0.382 e. The summed E-state index contributed by atoms with van der Waals surface area (Å²) in [5.41, 5.74) is 6.50. The summed E-state index contributed by atoms with van der Waals surface area (Å²) in [4.78, 5) is 11.3. The lowest BCUT2D eigenvalue weighted by Gasteiger charge is -2.33. The molecule has 1 aliphatic rings. The number of rotatable bonds is 3. The molecule has 0 spiro atoms. The fourth-order valence-corrected chi connectivity index (χ4v) is 2.77. The van der Waals surface area contributed by atoms with Crippen molar-refractivity contribution in [1.29, 1.82) is 0 Å². The van der Waals surface area contributed by atoms with Gasteiger partial charge in [0.15, 0.2) is 0 Å². The van der Waals surface area contributed by atoms with Gasteiger partial charge in [0.25, 0.3) is 0 Å². The highest BCUT2D eigenvalue weighted by Crippen LogP contribution is 2.25. The number of hydrogen-bond donors (Lipinski definition) is 2. The van der Waals surface area contributed by atoms with Crippen LogP contribution in [0.3, 0.4) is 0 Å². The van der Waals surface area contributed by atoms with Crippen LogP contribution in [0.25, 0.3) is 0 Å². The second-order valence-corrected chi connectivity index (χ2v) is 5.54. The Labute approximate surface area is 118 Å². The molecule has 0 aromatic heterocycles. The minimum atomic E-state index is -0.512. The summed E-state index contributed by atoms with van der Waals surface area (Å²) in [5.74, 6) is -0.512. The molecule has 104 valence electrons. The Morgan fingerprint density at radius 3 is 2.58 bits per heavy atom. The second-order valence-electron chi connectivity index (χ2n) is 5.13. The van der Waals surface area contributed by atoms with Crippen molar-refractivity contribution in [2.45, 2.75) is 44.9 Å². The highest BCUT2D eigenvalue weighted by molar-refractivity contribution is 6.33. The molecule has 0 bridgehead atoms. The third-order valence-corrected chi connectivity index (χ3v) is 3.63. The van der Waals surface area contributed by atoms with Crippen LogP contribution in [0.5, 0.6) is 0 Å². The second kappa shape index (κ2) is 5.80. The first-order valence-corrected chi connectivity index (χ1v) is 6.85. The van der Waals surface area contributed by atoms with E-state index in [9.17, 15) is 4.79 Å². The number of amides is 1. The summed E-state index contributed by atoms with van der Waals surface area (Å²) >= 11 is 5.93. The van der Waals surface area contributed by atoms with Gasteiger partial charge in [0.2, 0.25) is 5.91 Å². The molecule has 1 aromatic rings. The van der Waals surface area contributed by atoms with E-state index in [1.807, 2.05) is 6.07 Å².